The Bertz CT molecular complexity index is 1160. The second-order valence-electron chi connectivity index (χ2n) is 7.06. The van der Waals surface area contributed by atoms with Gasteiger partial charge in [-0.05, 0) is 43.3 Å². The van der Waals surface area contributed by atoms with Gasteiger partial charge in [-0.3, -0.25) is 14.6 Å². The van der Waals surface area contributed by atoms with Gasteiger partial charge >= 0.3 is 0 Å². The zero-order chi connectivity index (χ0) is 20.8. The van der Waals surface area contributed by atoms with Crippen LogP contribution in [0.2, 0.25) is 5.02 Å². The Morgan fingerprint density at radius 3 is 2.50 bits per heavy atom. The highest BCUT2D eigenvalue weighted by Gasteiger charge is 2.55. The van der Waals surface area contributed by atoms with E-state index in [4.69, 9.17) is 16.1 Å². The van der Waals surface area contributed by atoms with Crippen molar-refractivity contribution in [3.05, 3.63) is 65.0 Å². The van der Waals surface area contributed by atoms with Crippen molar-refractivity contribution in [3.63, 3.8) is 0 Å². The zero-order valence-corrected chi connectivity index (χ0v) is 16.5. The maximum absolute atomic E-state index is 13.0. The molecule has 0 unspecified atom stereocenters. The molecule has 5 rings (SSSR count). The van der Waals surface area contributed by atoms with Crippen molar-refractivity contribution in [2.24, 2.45) is 10.3 Å². The largest absolute Gasteiger partial charge is 0.337 e. The second-order valence-corrected chi connectivity index (χ2v) is 7.49. The minimum atomic E-state index is -0.877. The summed E-state index contributed by atoms with van der Waals surface area (Å²) in [6.45, 7) is 2.00. The van der Waals surface area contributed by atoms with Crippen molar-refractivity contribution in [3.8, 4) is 11.4 Å². The summed E-state index contributed by atoms with van der Waals surface area (Å²) in [4.78, 5) is 31.3. The fraction of sp³-hybridized carbons (Fsp3) is 0.200. The van der Waals surface area contributed by atoms with Crippen molar-refractivity contribution in [2.45, 2.75) is 25.6 Å². The highest BCUT2D eigenvalue weighted by atomic mass is 35.5. The first kappa shape index (κ1) is 18.4. The maximum Gasteiger partial charge on any atom is 0.263 e. The summed E-state index contributed by atoms with van der Waals surface area (Å²) in [5.41, 5.74) is 2.29. The number of carbonyl (C=O) groups is 2. The van der Waals surface area contributed by atoms with E-state index in [1.165, 1.54) is 5.01 Å². The first-order chi connectivity index (χ1) is 14.5. The van der Waals surface area contributed by atoms with E-state index in [1.807, 2.05) is 19.1 Å². The van der Waals surface area contributed by atoms with Crippen LogP contribution in [0.4, 0.5) is 5.69 Å². The average Bonchev–Trinajstić information content (AvgIpc) is 3.43. The number of rotatable bonds is 4. The Labute approximate surface area is 175 Å². The zero-order valence-electron chi connectivity index (χ0n) is 15.8. The van der Waals surface area contributed by atoms with Gasteiger partial charge in [0.15, 0.2) is 12.1 Å². The van der Waals surface area contributed by atoms with Crippen LogP contribution in [0, 0.1) is 6.92 Å². The van der Waals surface area contributed by atoms with E-state index in [9.17, 15) is 9.59 Å². The Kier molecular flexibility index (Phi) is 4.32. The molecule has 3 heterocycles. The summed E-state index contributed by atoms with van der Waals surface area (Å²) in [7, 11) is 0. The number of fused-ring (bicyclic) bond motifs is 1. The molecule has 150 valence electrons. The molecule has 1 fully saturated rings. The molecule has 2 aliphatic heterocycles. The number of anilines is 1. The summed E-state index contributed by atoms with van der Waals surface area (Å²) in [6.07, 6.45) is 0. The third-order valence-corrected chi connectivity index (χ3v) is 5.27. The van der Waals surface area contributed by atoms with Crippen molar-refractivity contribution in [2.75, 3.05) is 4.90 Å². The van der Waals surface area contributed by atoms with Crippen molar-refractivity contribution in [1.29, 1.82) is 0 Å². The molecule has 2 aliphatic rings. The first-order valence-electron chi connectivity index (χ1n) is 9.22. The van der Waals surface area contributed by atoms with Gasteiger partial charge in [0.05, 0.1) is 5.69 Å². The van der Waals surface area contributed by atoms with Crippen LogP contribution in [0.3, 0.4) is 0 Å². The number of aromatic nitrogens is 2. The molecule has 1 saturated heterocycles. The van der Waals surface area contributed by atoms with E-state index in [0.29, 0.717) is 16.5 Å². The smallest absolute Gasteiger partial charge is 0.263 e. The van der Waals surface area contributed by atoms with E-state index < -0.39 is 18.0 Å². The highest BCUT2D eigenvalue weighted by molar-refractivity contribution is 6.30. The van der Waals surface area contributed by atoms with Gasteiger partial charge in [0, 0.05) is 10.6 Å². The Morgan fingerprint density at radius 1 is 1.03 bits per heavy atom. The van der Waals surface area contributed by atoms with E-state index in [-0.39, 0.29) is 18.3 Å². The molecule has 2 aromatic carbocycles. The lowest BCUT2D eigenvalue weighted by Crippen LogP contribution is -2.39. The molecular formula is C20H15ClN6O3. The molecule has 0 N–H and O–H groups in total. The van der Waals surface area contributed by atoms with Crippen LogP contribution in [0.1, 0.15) is 11.5 Å². The Morgan fingerprint density at radius 2 is 1.77 bits per heavy atom. The molecule has 10 heteroatoms. The average molecular weight is 423 g/mol. The fourth-order valence-corrected chi connectivity index (χ4v) is 3.60. The van der Waals surface area contributed by atoms with Crippen LogP contribution >= 0.6 is 11.6 Å². The number of hydrogen-bond donors (Lipinski definition) is 0. The summed E-state index contributed by atoms with van der Waals surface area (Å²) < 4.78 is 5.30. The van der Waals surface area contributed by atoms with Crippen LogP contribution in [0.5, 0.6) is 0 Å². The Hall–Kier alpha value is -3.59. The van der Waals surface area contributed by atoms with Gasteiger partial charge in [0.25, 0.3) is 11.8 Å². The lowest BCUT2D eigenvalue weighted by atomic mass is 10.1. The molecule has 2 atom stereocenters. The molecule has 30 heavy (non-hydrogen) atoms. The first-order valence-corrected chi connectivity index (χ1v) is 9.59. The molecule has 0 bridgehead atoms. The lowest BCUT2D eigenvalue weighted by molar-refractivity contribution is -0.123. The molecular weight excluding hydrogens is 408 g/mol. The topological polar surface area (TPSA) is 104 Å². The summed E-state index contributed by atoms with van der Waals surface area (Å²) in [5, 5.41) is 14.0. The van der Waals surface area contributed by atoms with Gasteiger partial charge < -0.3 is 4.52 Å². The van der Waals surface area contributed by atoms with E-state index >= 15 is 0 Å². The minimum absolute atomic E-state index is 0.0615. The molecule has 0 spiro atoms. The van der Waals surface area contributed by atoms with Crippen LogP contribution in [-0.4, -0.2) is 39.0 Å². The van der Waals surface area contributed by atoms with E-state index in [0.717, 1.165) is 16.0 Å². The summed E-state index contributed by atoms with van der Waals surface area (Å²) in [5.74, 6) is -0.123. The number of carbonyl (C=O) groups excluding carboxylic acids is 2. The van der Waals surface area contributed by atoms with Crippen molar-refractivity contribution >= 4 is 29.1 Å². The molecule has 1 aromatic heterocycles. The van der Waals surface area contributed by atoms with Gasteiger partial charge in [0.2, 0.25) is 11.7 Å². The normalized spacial score (nSPS) is 20.3. The predicted octanol–water partition coefficient (Wildman–Crippen LogP) is 3.19. The van der Waals surface area contributed by atoms with E-state index in [2.05, 4.69) is 20.5 Å². The van der Waals surface area contributed by atoms with Gasteiger partial charge in [-0.1, -0.05) is 39.7 Å². The molecule has 3 aromatic rings. The number of aryl methyl sites for hydroxylation is 1. The minimum Gasteiger partial charge on any atom is -0.337 e. The maximum atomic E-state index is 13.0. The van der Waals surface area contributed by atoms with Crippen molar-refractivity contribution in [1.82, 2.24) is 15.1 Å². The molecule has 0 radical (unpaired) electrons. The molecule has 0 aliphatic carbocycles. The van der Waals surface area contributed by atoms with Crippen molar-refractivity contribution < 1.29 is 14.1 Å². The summed E-state index contributed by atoms with van der Waals surface area (Å²) >= 11 is 5.90. The predicted molar refractivity (Wildman–Crippen MR) is 106 cm³/mol. The van der Waals surface area contributed by atoms with Gasteiger partial charge in [-0.2, -0.15) is 10.1 Å². The number of imide groups is 1. The van der Waals surface area contributed by atoms with Crippen LogP contribution in [-0.2, 0) is 16.1 Å². The van der Waals surface area contributed by atoms with E-state index in [1.54, 1.807) is 36.4 Å². The van der Waals surface area contributed by atoms with Crippen LogP contribution in [0.15, 0.2) is 63.4 Å². The van der Waals surface area contributed by atoms with Gasteiger partial charge in [0.1, 0.15) is 6.54 Å². The third kappa shape index (κ3) is 3.03. The fourth-order valence-electron chi connectivity index (χ4n) is 3.48. The molecule has 9 nitrogen and oxygen atoms in total. The van der Waals surface area contributed by atoms with Gasteiger partial charge in [-0.15, -0.1) is 0 Å². The second kappa shape index (κ2) is 7.03. The van der Waals surface area contributed by atoms with Crippen LogP contribution in [0.25, 0.3) is 11.4 Å². The Balaban J connectivity index is 1.36. The molecule has 0 saturated carbocycles. The number of benzene rings is 2. The summed E-state index contributed by atoms with van der Waals surface area (Å²) in [6, 6.07) is 12.5. The van der Waals surface area contributed by atoms with Crippen LogP contribution < -0.4 is 4.90 Å². The standard InChI is InChI=1S/C20H15ClN6O3/c1-11-2-8-14(9-3-11)27-19(28)16-17(20(27)29)26(25-23-16)10-15-22-18(24-30-15)12-4-6-13(21)7-5-12/h2-9,16-17H,10H2,1H3/t16-,17+/m1/s1. The lowest BCUT2D eigenvalue weighted by Gasteiger charge is -2.19. The SMILES string of the molecule is Cc1ccc(N2C(=O)[C@@H]3[C@@H](N=NN3Cc3nc(-c4ccc(Cl)cc4)no3)C2=O)cc1. The number of hydrogen-bond acceptors (Lipinski definition) is 8. The number of amides is 2. The number of halogens is 1. The third-order valence-electron chi connectivity index (χ3n) is 5.02. The quantitative estimate of drug-likeness (QED) is 0.598. The highest BCUT2D eigenvalue weighted by Crippen LogP contribution is 2.33. The van der Waals surface area contributed by atoms with Gasteiger partial charge in [-0.25, -0.2) is 4.90 Å². The molecule has 2 amide bonds. The monoisotopic (exact) mass is 422 g/mol. The number of nitrogens with zero attached hydrogens (tertiary/aromatic N) is 6.